The number of methoxy groups -OCH3 is 1. The maximum atomic E-state index is 13.5. The third-order valence-corrected chi connectivity index (χ3v) is 6.15. The first kappa shape index (κ1) is 20.6. The summed E-state index contributed by atoms with van der Waals surface area (Å²) >= 11 is 7.15. The molecule has 0 aliphatic carbocycles. The van der Waals surface area contributed by atoms with Gasteiger partial charge in [0.1, 0.15) is 5.75 Å². The summed E-state index contributed by atoms with van der Waals surface area (Å²) in [4.78, 5) is 15.3. The van der Waals surface area contributed by atoms with Gasteiger partial charge in [0.15, 0.2) is 0 Å². The number of nitrogens with zero attached hydrogens (tertiary/aromatic N) is 1. The number of hydrogen-bond acceptors (Lipinski definition) is 2. The van der Waals surface area contributed by atoms with Crippen LogP contribution in [0.15, 0.2) is 87.3 Å². The van der Waals surface area contributed by atoms with E-state index in [1.54, 1.807) is 12.0 Å². The van der Waals surface area contributed by atoms with Crippen molar-refractivity contribution in [3.63, 3.8) is 0 Å². The summed E-state index contributed by atoms with van der Waals surface area (Å²) in [5.41, 5.74) is 5.32. The summed E-state index contributed by atoms with van der Waals surface area (Å²) < 4.78 is 7.03. The number of carbonyl (C=O) groups excluding carboxylic acids is 1. The molecule has 1 aliphatic heterocycles. The van der Waals surface area contributed by atoms with Gasteiger partial charge in [-0.15, -0.1) is 0 Å². The summed E-state index contributed by atoms with van der Waals surface area (Å²) in [7, 11) is 1.63. The zero-order chi connectivity index (χ0) is 21.3. The third-order valence-electron chi connectivity index (χ3n) is 4.89. The lowest BCUT2D eigenvalue weighted by atomic mass is 10.1. The maximum Gasteiger partial charge on any atom is 0.262 e. The summed E-state index contributed by atoms with van der Waals surface area (Å²) in [6, 6.07) is 21.7. The second-order valence-corrected chi connectivity index (χ2v) is 8.69. The molecule has 0 bridgehead atoms. The van der Waals surface area contributed by atoms with Gasteiger partial charge in [0.05, 0.1) is 23.0 Å². The molecule has 0 unspecified atom stereocenters. The minimum atomic E-state index is -0.0645. The first-order valence-corrected chi connectivity index (χ1v) is 11.0. The van der Waals surface area contributed by atoms with Gasteiger partial charge in [0, 0.05) is 10.0 Å². The Labute approximate surface area is 192 Å². The molecule has 0 atom stereocenters. The number of anilines is 1. The first-order chi connectivity index (χ1) is 14.5. The molecule has 3 nitrogen and oxygen atoms in total. The standard InChI is InChI=1S/C25H19Br2NO2/c1-16-8-10-22(20(26)12-16)28-23(18-6-4-3-5-7-18)15-19(25(28)29)13-17-9-11-24(30-2)21(27)14-17/h3-15H,1-2H3/b19-13-. The number of aryl methyl sites for hydroxylation is 1. The molecule has 1 amide bonds. The van der Waals surface area contributed by atoms with Crippen molar-refractivity contribution in [2.45, 2.75) is 6.92 Å². The van der Waals surface area contributed by atoms with Crippen molar-refractivity contribution < 1.29 is 9.53 Å². The van der Waals surface area contributed by atoms with Crippen molar-refractivity contribution in [2.75, 3.05) is 12.0 Å². The molecular formula is C25H19Br2NO2. The van der Waals surface area contributed by atoms with Crippen LogP contribution in [-0.2, 0) is 4.79 Å². The van der Waals surface area contributed by atoms with Crippen LogP contribution in [0, 0.1) is 6.92 Å². The van der Waals surface area contributed by atoms with Crippen LogP contribution in [0.1, 0.15) is 16.7 Å². The number of rotatable bonds is 4. The lowest BCUT2D eigenvalue weighted by Crippen LogP contribution is -2.25. The lowest BCUT2D eigenvalue weighted by Gasteiger charge is -2.22. The van der Waals surface area contributed by atoms with E-state index in [4.69, 9.17) is 4.74 Å². The quantitative estimate of drug-likeness (QED) is 0.344. The van der Waals surface area contributed by atoms with Gasteiger partial charge in [0.25, 0.3) is 5.91 Å². The molecule has 30 heavy (non-hydrogen) atoms. The van der Waals surface area contributed by atoms with Crippen LogP contribution in [0.3, 0.4) is 0 Å². The minimum Gasteiger partial charge on any atom is -0.496 e. The van der Waals surface area contributed by atoms with Gasteiger partial charge in [-0.1, -0.05) is 42.5 Å². The molecule has 1 aliphatic rings. The van der Waals surface area contributed by atoms with E-state index in [0.717, 1.165) is 42.8 Å². The molecule has 0 saturated heterocycles. The Morgan fingerprint density at radius 1 is 0.933 bits per heavy atom. The Hall–Kier alpha value is -2.63. The van der Waals surface area contributed by atoms with Crippen LogP contribution in [0.5, 0.6) is 5.75 Å². The normalized spacial score (nSPS) is 14.9. The topological polar surface area (TPSA) is 29.5 Å². The summed E-state index contributed by atoms with van der Waals surface area (Å²) in [5, 5.41) is 0. The van der Waals surface area contributed by atoms with Gasteiger partial charge in [0.2, 0.25) is 0 Å². The highest BCUT2D eigenvalue weighted by atomic mass is 79.9. The predicted molar refractivity (Wildman–Crippen MR) is 129 cm³/mol. The van der Waals surface area contributed by atoms with Crippen LogP contribution in [-0.4, -0.2) is 13.0 Å². The number of halogens is 2. The summed E-state index contributed by atoms with van der Waals surface area (Å²) in [6.45, 7) is 2.03. The zero-order valence-corrected chi connectivity index (χ0v) is 19.7. The Bertz CT molecular complexity index is 1180. The van der Waals surface area contributed by atoms with Crippen molar-refractivity contribution in [2.24, 2.45) is 0 Å². The van der Waals surface area contributed by atoms with Crippen LogP contribution in [0.2, 0.25) is 0 Å². The van der Waals surface area contributed by atoms with E-state index in [9.17, 15) is 4.79 Å². The fourth-order valence-electron chi connectivity index (χ4n) is 3.42. The highest BCUT2D eigenvalue weighted by Crippen LogP contribution is 2.39. The van der Waals surface area contributed by atoms with E-state index in [-0.39, 0.29) is 5.91 Å². The fourth-order valence-corrected chi connectivity index (χ4v) is 4.65. The number of ether oxygens (including phenoxy) is 1. The molecule has 4 rings (SSSR count). The first-order valence-electron chi connectivity index (χ1n) is 9.41. The second-order valence-electron chi connectivity index (χ2n) is 6.98. The van der Waals surface area contributed by atoms with Gasteiger partial charge in [-0.3, -0.25) is 9.69 Å². The Balaban J connectivity index is 1.82. The number of carbonyl (C=O) groups is 1. The molecule has 0 fully saturated rings. The Morgan fingerprint density at radius 2 is 1.70 bits per heavy atom. The minimum absolute atomic E-state index is 0.0645. The van der Waals surface area contributed by atoms with E-state index in [1.165, 1.54) is 0 Å². The van der Waals surface area contributed by atoms with Crippen molar-refractivity contribution in [1.29, 1.82) is 0 Å². The van der Waals surface area contributed by atoms with Crippen molar-refractivity contribution in [1.82, 2.24) is 0 Å². The maximum absolute atomic E-state index is 13.5. The van der Waals surface area contributed by atoms with Crippen molar-refractivity contribution in [3.05, 3.63) is 104 Å². The second kappa shape index (κ2) is 8.62. The highest BCUT2D eigenvalue weighted by molar-refractivity contribution is 9.11. The molecule has 0 spiro atoms. The molecule has 1 heterocycles. The van der Waals surface area contributed by atoms with E-state index in [0.29, 0.717) is 5.57 Å². The van der Waals surface area contributed by atoms with Crippen LogP contribution < -0.4 is 9.64 Å². The molecule has 3 aromatic carbocycles. The van der Waals surface area contributed by atoms with Gasteiger partial charge in [-0.2, -0.15) is 0 Å². The van der Waals surface area contributed by atoms with Crippen LogP contribution >= 0.6 is 31.9 Å². The molecule has 150 valence electrons. The van der Waals surface area contributed by atoms with Gasteiger partial charge in [-0.05, 0) is 91.9 Å². The zero-order valence-electron chi connectivity index (χ0n) is 16.5. The third kappa shape index (κ3) is 4.00. The molecule has 3 aromatic rings. The number of amides is 1. The van der Waals surface area contributed by atoms with Crippen molar-refractivity contribution in [3.8, 4) is 5.75 Å². The smallest absolute Gasteiger partial charge is 0.262 e. The number of benzene rings is 3. The molecule has 5 heteroatoms. The summed E-state index contributed by atoms with van der Waals surface area (Å²) in [6.07, 6.45) is 3.85. The van der Waals surface area contributed by atoms with E-state index < -0.39 is 0 Å². The predicted octanol–water partition coefficient (Wildman–Crippen LogP) is 7.00. The molecular weight excluding hydrogens is 506 g/mol. The monoisotopic (exact) mass is 523 g/mol. The van der Waals surface area contributed by atoms with E-state index in [1.807, 2.05) is 85.8 Å². The van der Waals surface area contributed by atoms with Gasteiger partial charge in [-0.25, -0.2) is 0 Å². The molecule has 0 aromatic heterocycles. The van der Waals surface area contributed by atoms with Crippen molar-refractivity contribution >= 4 is 55.2 Å². The summed E-state index contributed by atoms with van der Waals surface area (Å²) in [5.74, 6) is 0.686. The molecule has 0 radical (unpaired) electrons. The molecule has 0 saturated carbocycles. The van der Waals surface area contributed by atoms with E-state index >= 15 is 0 Å². The average Bonchev–Trinajstić information content (AvgIpc) is 3.05. The van der Waals surface area contributed by atoms with Gasteiger partial charge < -0.3 is 4.74 Å². The SMILES string of the molecule is COc1ccc(/C=C2/C=C(c3ccccc3)N(c3ccc(C)cc3Br)C2=O)cc1Br. The van der Waals surface area contributed by atoms with Gasteiger partial charge >= 0.3 is 0 Å². The number of hydrogen-bond donors (Lipinski definition) is 0. The Morgan fingerprint density at radius 3 is 2.37 bits per heavy atom. The lowest BCUT2D eigenvalue weighted by molar-refractivity contribution is -0.113. The van der Waals surface area contributed by atoms with Crippen LogP contribution in [0.4, 0.5) is 5.69 Å². The molecule has 0 N–H and O–H groups in total. The Kier molecular flexibility index (Phi) is 5.93. The fraction of sp³-hybridized carbons (Fsp3) is 0.0800. The van der Waals surface area contributed by atoms with E-state index in [2.05, 4.69) is 31.9 Å². The van der Waals surface area contributed by atoms with Crippen LogP contribution in [0.25, 0.3) is 11.8 Å². The average molecular weight is 525 g/mol. The highest BCUT2D eigenvalue weighted by Gasteiger charge is 2.31. The largest absolute Gasteiger partial charge is 0.496 e.